The van der Waals surface area contributed by atoms with Crippen molar-refractivity contribution in [2.24, 2.45) is 0 Å². The van der Waals surface area contributed by atoms with Gasteiger partial charge in [0.15, 0.2) is 0 Å². The van der Waals surface area contributed by atoms with E-state index in [0.29, 0.717) is 4.91 Å². The smallest absolute Gasteiger partial charge is 0.282 e. The third-order valence-electron chi connectivity index (χ3n) is 1.26. The SMILES string of the molecule is CCCC=C1SC(=O)NC1=O. The summed E-state index contributed by atoms with van der Waals surface area (Å²) in [5.74, 6) is -0.256. The van der Waals surface area contributed by atoms with Crippen molar-refractivity contribution in [2.45, 2.75) is 19.8 Å². The molecule has 0 aliphatic carbocycles. The number of rotatable bonds is 2. The molecule has 11 heavy (non-hydrogen) atoms. The first-order valence-corrected chi connectivity index (χ1v) is 4.29. The molecule has 1 heterocycles. The molecular weight excluding hydrogens is 162 g/mol. The highest BCUT2D eigenvalue weighted by atomic mass is 32.2. The number of hydrogen-bond acceptors (Lipinski definition) is 3. The molecule has 0 radical (unpaired) electrons. The Morgan fingerprint density at radius 2 is 2.27 bits per heavy atom. The predicted molar refractivity (Wildman–Crippen MR) is 44.1 cm³/mol. The number of amides is 2. The van der Waals surface area contributed by atoms with Crippen LogP contribution >= 0.6 is 11.8 Å². The molecule has 0 aromatic carbocycles. The lowest BCUT2D eigenvalue weighted by Gasteiger charge is -1.87. The van der Waals surface area contributed by atoms with Gasteiger partial charge in [-0.15, -0.1) is 0 Å². The average Bonchev–Trinajstić information content (AvgIpc) is 2.26. The lowest BCUT2D eigenvalue weighted by molar-refractivity contribution is -0.115. The fourth-order valence-electron chi connectivity index (χ4n) is 0.736. The second-order valence-electron chi connectivity index (χ2n) is 2.20. The van der Waals surface area contributed by atoms with Crippen molar-refractivity contribution in [1.29, 1.82) is 0 Å². The van der Waals surface area contributed by atoms with E-state index in [4.69, 9.17) is 0 Å². The first-order valence-electron chi connectivity index (χ1n) is 3.47. The highest BCUT2D eigenvalue weighted by Crippen LogP contribution is 2.23. The molecule has 1 aliphatic rings. The topological polar surface area (TPSA) is 46.2 Å². The van der Waals surface area contributed by atoms with Gasteiger partial charge in [0.2, 0.25) is 0 Å². The minimum atomic E-state index is -0.266. The highest BCUT2D eigenvalue weighted by Gasteiger charge is 2.24. The quantitative estimate of drug-likeness (QED) is 0.642. The van der Waals surface area contributed by atoms with E-state index in [2.05, 4.69) is 5.32 Å². The van der Waals surface area contributed by atoms with E-state index in [0.717, 1.165) is 24.6 Å². The number of nitrogens with one attached hydrogen (secondary N) is 1. The number of hydrogen-bond donors (Lipinski definition) is 1. The van der Waals surface area contributed by atoms with E-state index >= 15 is 0 Å². The third-order valence-corrected chi connectivity index (χ3v) is 2.12. The molecule has 60 valence electrons. The van der Waals surface area contributed by atoms with Crippen LogP contribution in [0.15, 0.2) is 11.0 Å². The van der Waals surface area contributed by atoms with Crippen molar-refractivity contribution in [1.82, 2.24) is 5.32 Å². The molecule has 0 unspecified atom stereocenters. The lowest BCUT2D eigenvalue weighted by Crippen LogP contribution is -2.17. The monoisotopic (exact) mass is 171 g/mol. The van der Waals surface area contributed by atoms with Crippen LogP contribution in [-0.2, 0) is 4.79 Å². The Hall–Kier alpha value is -0.770. The van der Waals surface area contributed by atoms with Gasteiger partial charge in [0.25, 0.3) is 11.1 Å². The largest absolute Gasteiger partial charge is 0.290 e. The van der Waals surface area contributed by atoms with Crippen molar-refractivity contribution in [3.63, 3.8) is 0 Å². The third kappa shape index (κ3) is 2.08. The van der Waals surface area contributed by atoms with Gasteiger partial charge in [-0.05, 0) is 18.2 Å². The summed E-state index contributed by atoms with van der Waals surface area (Å²) < 4.78 is 0. The zero-order valence-corrected chi connectivity index (χ0v) is 7.03. The van der Waals surface area contributed by atoms with Crippen molar-refractivity contribution >= 4 is 22.9 Å². The van der Waals surface area contributed by atoms with Gasteiger partial charge < -0.3 is 0 Å². The maximum atomic E-state index is 10.9. The number of thioether (sulfide) groups is 1. The number of unbranched alkanes of at least 4 members (excludes halogenated alkanes) is 1. The van der Waals surface area contributed by atoms with Crippen LogP contribution in [0.5, 0.6) is 0 Å². The molecule has 1 fully saturated rings. The minimum Gasteiger partial charge on any atom is -0.282 e. The molecule has 3 nitrogen and oxygen atoms in total. The summed E-state index contributed by atoms with van der Waals surface area (Å²) in [6.45, 7) is 2.02. The van der Waals surface area contributed by atoms with Crippen LogP contribution in [0.3, 0.4) is 0 Å². The summed E-state index contributed by atoms with van der Waals surface area (Å²) in [4.78, 5) is 22.0. The molecule has 0 aromatic heterocycles. The molecule has 1 N–H and O–H groups in total. The number of carbonyl (C=O) groups is 2. The van der Waals surface area contributed by atoms with Gasteiger partial charge in [0.1, 0.15) is 0 Å². The van der Waals surface area contributed by atoms with Crippen LogP contribution in [0.1, 0.15) is 19.8 Å². The fourth-order valence-corrected chi connectivity index (χ4v) is 1.42. The minimum absolute atomic E-state index is 0.256. The molecule has 4 heteroatoms. The van der Waals surface area contributed by atoms with Crippen LogP contribution in [0.4, 0.5) is 4.79 Å². The van der Waals surface area contributed by atoms with Gasteiger partial charge >= 0.3 is 0 Å². The van der Waals surface area contributed by atoms with E-state index in [9.17, 15) is 9.59 Å². The van der Waals surface area contributed by atoms with Gasteiger partial charge in [-0.3, -0.25) is 14.9 Å². The Bertz CT molecular complexity index is 222. The van der Waals surface area contributed by atoms with Crippen molar-refractivity contribution in [3.8, 4) is 0 Å². The zero-order chi connectivity index (χ0) is 8.27. The van der Waals surface area contributed by atoms with Crippen molar-refractivity contribution < 1.29 is 9.59 Å². The van der Waals surface area contributed by atoms with Crippen LogP contribution in [0.25, 0.3) is 0 Å². The van der Waals surface area contributed by atoms with Crippen LogP contribution in [0, 0.1) is 0 Å². The van der Waals surface area contributed by atoms with Crippen LogP contribution < -0.4 is 5.32 Å². The Kier molecular flexibility index (Phi) is 2.70. The summed E-state index contributed by atoms with van der Waals surface area (Å²) in [7, 11) is 0. The summed E-state index contributed by atoms with van der Waals surface area (Å²) in [5, 5.41) is 1.93. The Balaban J connectivity index is 2.59. The molecule has 0 bridgehead atoms. The Morgan fingerprint density at radius 1 is 1.55 bits per heavy atom. The number of allylic oxidation sites excluding steroid dienone is 1. The first-order chi connectivity index (χ1) is 5.24. The maximum absolute atomic E-state index is 10.9. The fraction of sp³-hybridized carbons (Fsp3) is 0.429. The second-order valence-corrected chi connectivity index (χ2v) is 3.22. The van der Waals surface area contributed by atoms with Crippen LogP contribution in [0.2, 0.25) is 0 Å². The molecule has 1 saturated heterocycles. The molecule has 0 atom stereocenters. The summed E-state index contributed by atoms with van der Waals surface area (Å²) >= 11 is 0.975. The Morgan fingerprint density at radius 3 is 2.73 bits per heavy atom. The molecule has 2 amide bonds. The zero-order valence-electron chi connectivity index (χ0n) is 6.22. The summed E-state index contributed by atoms with van der Waals surface area (Å²) in [5.41, 5.74) is 0. The van der Waals surface area contributed by atoms with Crippen molar-refractivity contribution in [3.05, 3.63) is 11.0 Å². The van der Waals surface area contributed by atoms with E-state index in [-0.39, 0.29) is 11.1 Å². The van der Waals surface area contributed by atoms with Crippen LogP contribution in [-0.4, -0.2) is 11.1 Å². The molecule has 0 saturated carbocycles. The molecule has 0 spiro atoms. The van der Waals surface area contributed by atoms with E-state index in [1.165, 1.54) is 0 Å². The van der Waals surface area contributed by atoms with E-state index in [1.807, 2.05) is 6.92 Å². The number of imide groups is 1. The van der Waals surface area contributed by atoms with Gasteiger partial charge in [-0.2, -0.15) is 0 Å². The first kappa shape index (κ1) is 8.33. The van der Waals surface area contributed by atoms with E-state index in [1.54, 1.807) is 6.08 Å². The molecule has 0 aromatic rings. The standard InChI is InChI=1S/C7H9NO2S/c1-2-3-4-5-6(9)8-7(10)11-5/h4H,2-3H2,1H3,(H,8,9,10). The number of carbonyl (C=O) groups excluding carboxylic acids is 2. The normalized spacial score (nSPS) is 21.0. The van der Waals surface area contributed by atoms with Gasteiger partial charge in [-0.25, -0.2) is 0 Å². The van der Waals surface area contributed by atoms with E-state index < -0.39 is 0 Å². The Labute approximate surface area is 69.2 Å². The molecule has 1 aliphatic heterocycles. The summed E-state index contributed by atoms with van der Waals surface area (Å²) in [6, 6.07) is 0. The van der Waals surface area contributed by atoms with Crippen molar-refractivity contribution in [2.75, 3.05) is 0 Å². The average molecular weight is 171 g/mol. The van der Waals surface area contributed by atoms with Gasteiger partial charge in [0, 0.05) is 0 Å². The predicted octanol–water partition coefficient (Wildman–Crippen LogP) is 1.65. The highest BCUT2D eigenvalue weighted by molar-refractivity contribution is 8.18. The summed E-state index contributed by atoms with van der Waals surface area (Å²) in [6.07, 6.45) is 3.64. The molecule has 1 rings (SSSR count). The maximum Gasteiger partial charge on any atom is 0.290 e. The molecular formula is C7H9NO2S. The van der Waals surface area contributed by atoms with Gasteiger partial charge in [0.05, 0.1) is 4.91 Å². The van der Waals surface area contributed by atoms with Gasteiger partial charge in [-0.1, -0.05) is 19.4 Å². The lowest BCUT2D eigenvalue weighted by atomic mass is 10.3. The second kappa shape index (κ2) is 3.57.